The van der Waals surface area contributed by atoms with E-state index in [2.05, 4.69) is 4.98 Å². The van der Waals surface area contributed by atoms with E-state index in [-0.39, 0.29) is 12.5 Å². The Labute approximate surface area is 122 Å². The topological polar surface area (TPSA) is 111 Å². The third-order valence-electron chi connectivity index (χ3n) is 3.28. The number of alkyl halides is 2. The Morgan fingerprint density at radius 2 is 2.35 bits per heavy atom. The van der Waals surface area contributed by atoms with Crippen LogP contribution < -0.4 is 11.4 Å². The van der Waals surface area contributed by atoms with Gasteiger partial charge in [0.05, 0.1) is 25.3 Å². The van der Waals surface area contributed by atoms with Crippen molar-refractivity contribution in [3.8, 4) is 0 Å². The third-order valence-corrected chi connectivity index (χ3v) is 4.23. The van der Waals surface area contributed by atoms with E-state index in [1.54, 1.807) is 0 Å². The van der Waals surface area contributed by atoms with E-state index in [0.29, 0.717) is 4.57 Å². The fraction of sp³-hybridized carbons (Fsp3) is 0.600. The molecule has 1 fully saturated rings. The first kappa shape index (κ1) is 15.5. The van der Waals surface area contributed by atoms with Gasteiger partial charge in [0.1, 0.15) is 11.7 Å². The van der Waals surface area contributed by atoms with Crippen LogP contribution in [0.4, 0.5) is 10.2 Å². The van der Waals surface area contributed by atoms with Crippen molar-refractivity contribution in [3.63, 3.8) is 0 Å². The molecule has 1 saturated heterocycles. The standard InChI is InChI=1S/C10H12Cl2FN3O4/c11-2-9(3-17)7(18)10(12,4-20-9)16-1-5(13)6(14)15-8(16)19/h1,7,17-18H,2-4H2,(H2,14,15,19)/t7-,9-,10+/m1/s1. The molecule has 3 atom stereocenters. The third kappa shape index (κ3) is 2.08. The van der Waals surface area contributed by atoms with Gasteiger partial charge in [-0.15, -0.1) is 11.6 Å². The lowest BCUT2D eigenvalue weighted by Gasteiger charge is -2.32. The van der Waals surface area contributed by atoms with Gasteiger partial charge in [0, 0.05) is 0 Å². The minimum absolute atomic E-state index is 0.265. The van der Waals surface area contributed by atoms with E-state index in [0.717, 1.165) is 6.20 Å². The van der Waals surface area contributed by atoms with Gasteiger partial charge >= 0.3 is 5.69 Å². The number of rotatable bonds is 3. The minimum atomic E-state index is -1.84. The van der Waals surface area contributed by atoms with Gasteiger partial charge in [0.25, 0.3) is 0 Å². The van der Waals surface area contributed by atoms with Crippen LogP contribution in [0.5, 0.6) is 0 Å². The number of nitrogens with zero attached hydrogens (tertiary/aromatic N) is 2. The maximum absolute atomic E-state index is 13.5. The number of aromatic nitrogens is 2. The number of hydrogen-bond donors (Lipinski definition) is 3. The first-order valence-electron chi connectivity index (χ1n) is 5.53. The molecule has 0 saturated carbocycles. The largest absolute Gasteiger partial charge is 0.393 e. The quantitative estimate of drug-likeness (QED) is 0.628. The molecule has 0 spiro atoms. The zero-order chi connectivity index (χ0) is 15.1. The number of halogens is 3. The molecule has 7 nitrogen and oxygen atoms in total. The van der Waals surface area contributed by atoms with Crippen LogP contribution in [0.3, 0.4) is 0 Å². The van der Waals surface area contributed by atoms with Gasteiger partial charge in [-0.05, 0) is 0 Å². The molecular formula is C10H12Cl2FN3O4. The monoisotopic (exact) mass is 327 g/mol. The summed E-state index contributed by atoms with van der Waals surface area (Å²) in [4.78, 5) is 13.2. The van der Waals surface area contributed by atoms with Crippen LogP contribution in [0.2, 0.25) is 0 Å². The van der Waals surface area contributed by atoms with Crippen molar-refractivity contribution in [1.82, 2.24) is 9.55 Å². The van der Waals surface area contributed by atoms with Crippen LogP contribution in [0.1, 0.15) is 0 Å². The van der Waals surface area contributed by atoms with Gasteiger partial charge in [-0.2, -0.15) is 4.98 Å². The van der Waals surface area contributed by atoms with Gasteiger partial charge in [-0.25, -0.2) is 9.18 Å². The van der Waals surface area contributed by atoms with Crippen LogP contribution in [0, 0.1) is 5.82 Å². The Kier molecular flexibility index (Phi) is 3.96. The Balaban J connectivity index is 2.53. The smallest absolute Gasteiger partial charge is 0.351 e. The van der Waals surface area contributed by atoms with Crippen molar-refractivity contribution >= 4 is 29.0 Å². The second-order valence-corrected chi connectivity index (χ2v) is 5.41. The number of nitrogens with two attached hydrogens (primary N) is 1. The lowest BCUT2D eigenvalue weighted by molar-refractivity contribution is -0.0766. The van der Waals surface area contributed by atoms with E-state index >= 15 is 0 Å². The number of ether oxygens (including phenoxy) is 1. The first-order chi connectivity index (χ1) is 9.30. The molecule has 0 radical (unpaired) electrons. The second kappa shape index (κ2) is 5.12. The van der Waals surface area contributed by atoms with Crippen molar-refractivity contribution in [1.29, 1.82) is 0 Å². The number of aliphatic hydroxyl groups excluding tert-OH is 2. The molecule has 0 unspecified atom stereocenters. The van der Waals surface area contributed by atoms with Crippen LogP contribution in [0.25, 0.3) is 0 Å². The summed E-state index contributed by atoms with van der Waals surface area (Å²) in [6, 6.07) is 0. The predicted molar refractivity (Wildman–Crippen MR) is 69.2 cm³/mol. The molecule has 1 aromatic heterocycles. The molecular weight excluding hydrogens is 316 g/mol. The SMILES string of the molecule is Nc1nc(=O)n([C@@]2(Cl)CO[C@@](CO)(CCl)[C@H]2O)cc1F. The highest BCUT2D eigenvalue weighted by molar-refractivity contribution is 6.23. The van der Waals surface area contributed by atoms with Gasteiger partial charge in [0.15, 0.2) is 16.6 Å². The highest BCUT2D eigenvalue weighted by Crippen LogP contribution is 2.41. The van der Waals surface area contributed by atoms with Crippen LogP contribution >= 0.6 is 23.2 Å². The Hall–Kier alpha value is -0.930. The first-order valence-corrected chi connectivity index (χ1v) is 6.45. The highest BCUT2D eigenvalue weighted by atomic mass is 35.5. The number of anilines is 1. The second-order valence-electron chi connectivity index (χ2n) is 4.49. The average Bonchev–Trinajstić information content (AvgIpc) is 2.68. The normalized spacial score (nSPS) is 33.5. The van der Waals surface area contributed by atoms with E-state index < -0.39 is 40.6 Å². The highest BCUT2D eigenvalue weighted by Gasteiger charge is 2.58. The van der Waals surface area contributed by atoms with E-state index in [1.807, 2.05) is 0 Å². The predicted octanol–water partition coefficient (Wildman–Crippen LogP) is -0.783. The molecule has 112 valence electrons. The van der Waals surface area contributed by atoms with Crippen molar-refractivity contribution < 1.29 is 19.3 Å². The van der Waals surface area contributed by atoms with Gasteiger partial charge < -0.3 is 20.7 Å². The van der Waals surface area contributed by atoms with E-state index in [1.165, 1.54) is 0 Å². The summed E-state index contributed by atoms with van der Waals surface area (Å²) in [6.07, 6.45) is -0.826. The summed E-state index contributed by atoms with van der Waals surface area (Å²) in [7, 11) is 0. The molecule has 0 aliphatic carbocycles. The fourth-order valence-electron chi connectivity index (χ4n) is 2.00. The van der Waals surface area contributed by atoms with Gasteiger partial charge in [-0.1, -0.05) is 11.6 Å². The molecule has 2 heterocycles. The van der Waals surface area contributed by atoms with Crippen LogP contribution in [0.15, 0.2) is 11.0 Å². The maximum atomic E-state index is 13.5. The summed E-state index contributed by atoms with van der Waals surface area (Å²) in [5.74, 6) is -1.81. The Bertz CT molecular complexity index is 580. The number of aliphatic hydroxyl groups is 2. The van der Waals surface area contributed by atoms with Crippen molar-refractivity contribution in [2.75, 3.05) is 24.8 Å². The molecule has 10 heteroatoms. The van der Waals surface area contributed by atoms with Crippen LogP contribution in [-0.2, 0) is 9.73 Å². The minimum Gasteiger partial charge on any atom is -0.393 e. The summed E-state index contributed by atoms with van der Waals surface area (Å²) in [5, 5.41) is 19.6. The summed E-state index contributed by atoms with van der Waals surface area (Å²) < 4.78 is 19.4. The van der Waals surface area contributed by atoms with Crippen molar-refractivity contribution in [2.24, 2.45) is 0 Å². The summed E-state index contributed by atoms with van der Waals surface area (Å²) in [5.41, 5.74) is 2.68. The zero-order valence-electron chi connectivity index (χ0n) is 10.1. The average molecular weight is 328 g/mol. The Morgan fingerprint density at radius 1 is 1.70 bits per heavy atom. The van der Waals surface area contributed by atoms with Crippen molar-refractivity contribution in [2.45, 2.75) is 16.7 Å². The zero-order valence-corrected chi connectivity index (χ0v) is 11.6. The summed E-state index contributed by atoms with van der Waals surface area (Å²) in [6.45, 7) is -0.986. The van der Waals surface area contributed by atoms with E-state index in [9.17, 15) is 19.4 Å². The molecule has 1 aromatic rings. The van der Waals surface area contributed by atoms with Crippen LogP contribution in [-0.4, -0.2) is 50.6 Å². The van der Waals surface area contributed by atoms with Crippen molar-refractivity contribution in [3.05, 3.63) is 22.5 Å². The van der Waals surface area contributed by atoms with Gasteiger partial charge in [-0.3, -0.25) is 4.57 Å². The lowest BCUT2D eigenvalue weighted by Crippen LogP contribution is -2.54. The number of hydrogen-bond acceptors (Lipinski definition) is 6. The maximum Gasteiger partial charge on any atom is 0.351 e. The lowest BCUT2D eigenvalue weighted by atomic mass is 9.96. The number of nitrogen functional groups attached to an aromatic ring is 1. The molecule has 0 aromatic carbocycles. The van der Waals surface area contributed by atoms with E-state index in [4.69, 9.17) is 33.7 Å². The fourth-order valence-corrected chi connectivity index (χ4v) is 2.69. The Morgan fingerprint density at radius 3 is 2.85 bits per heavy atom. The molecule has 0 bridgehead atoms. The summed E-state index contributed by atoms with van der Waals surface area (Å²) >= 11 is 11.9. The molecule has 20 heavy (non-hydrogen) atoms. The van der Waals surface area contributed by atoms with Gasteiger partial charge in [0.2, 0.25) is 0 Å². The molecule has 0 amide bonds. The molecule has 2 rings (SSSR count). The molecule has 4 N–H and O–H groups in total. The molecule has 1 aliphatic rings. The molecule has 1 aliphatic heterocycles.